The van der Waals surface area contributed by atoms with Crippen LogP contribution in [-0.2, 0) is 14.3 Å². The van der Waals surface area contributed by atoms with Crippen LogP contribution in [0.25, 0.3) is 0 Å². The van der Waals surface area contributed by atoms with Gasteiger partial charge in [0.1, 0.15) is 5.75 Å². The third-order valence-corrected chi connectivity index (χ3v) is 5.65. The molecule has 7 nitrogen and oxygen atoms in total. The van der Waals surface area contributed by atoms with Gasteiger partial charge < -0.3 is 24.8 Å². The van der Waals surface area contributed by atoms with Crippen molar-refractivity contribution in [1.29, 1.82) is 0 Å². The molecule has 0 saturated carbocycles. The van der Waals surface area contributed by atoms with E-state index in [9.17, 15) is 14.7 Å². The maximum Gasteiger partial charge on any atom is 0.346 e. The fraction of sp³-hybridized carbons (Fsp3) is 0.364. The van der Waals surface area contributed by atoms with Gasteiger partial charge in [-0.3, -0.25) is 4.79 Å². The van der Waals surface area contributed by atoms with Gasteiger partial charge in [0.05, 0.1) is 12.4 Å². The fourth-order valence-electron chi connectivity index (χ4n) is 2.79. The van der Waals surface area contributed by atoms with Gasteiger partial charge in [0, 0.05) is 30.6 Å². The predicted molar refractivity (Wildman–Crippen MR) is 118 cm³/mol. The van der Waals surface area contributed by atoms with Gasteiger partial charge in [0.15, 0.2) is 0 Å². The molecule has 0 aliphatic heterocycles. The van der Waals surface area contributed by atoms with Gasteiger partial charge in [-0.05, 0) is 43.9 Å². The Hall–Kier alpha value is -2.71. The number of benzene rings is 2. The molecule has 2 aromatic rings. The van der Waals surface area contributed by atoms with E-state index >= 15 is 0 Å². The summed E-state index contributed by atoms with van der Waals surface area (Å²) in [6.07, 6.45) is -1.34. The minimum Gasteiger partial charge on any atom is -0.497 e. The Morgan fingerprint density at radius 3 is 2.37 bits per heavy atom. The summed E-state index contributed by atoms with van der Waals surface area (Å²) >= 11 is 1.34. The van der Waals surface area contributed by atoms with E-state index in [1.54, 1.807) is 31.4 Å². The maximum absolute atomic E-state index is 12.0. The highest BCUT2D eigenvalue weighted by molar-refractivity contribution is 7.99. The summed E-state index contributed by atoms with van der Waals surface area (Å²) in [6, 6.07) is 14.8. The number of methoxy groups -OCH3 is 1. The fourth-order valence-corrected chi connectivity index (χ4v) is 4.07. The van der Waals surface area contributed by atoms with E-state index in [1.165, 1.54) is 18.7 Å². The van der Waals surface area contributed by atoms with Crippen LogP contribution in [-0.4, -0.2) is 62.3 Å². The molecular weight excluding hydrogens is 404 g/mol. The number of carbonyl (C=O) groups excluding carboxylic acids is 1. The van der Waals surface area contributed by atoms with Crippen LogP contribution in [0, 0.1) is 0 Å². The molecule has 30 heavy (non-hydrogen) atoms. The molecule has 0 saturated heterocycles. The summed E-state index contributed by atoms with van der Waals surface area (Å²) < 4.78 is 10.4. The molecule has 2 rings (SSSR count). The first kappa shape index (κ1) is 23.6. The summed E-state index contributed by atoms with van der Waals surface area (Å²) in [6.45, 7) is 2.80. The molecule has 0 spiro atoms. The molecule has 2 unspecified atom stereocenters. The summed E-state index contributed by atoms with van der Waals surface area (Å²) in [5.74, 6) is -1.18. The number of carbonyl (C=O) groups is 2. The largest absolute Gasteiger partial charge is 0.497 e. The van der Waals surface area contributed by atoms with Crippen LogP contribution in [0.3, 0.4) is 0 Å². The number of likely N-dealkylation sites (N-methyl/N-ethyl adjacent to an activating group) is 1. The quantitative estimate of drug-likeness (QED) is 0.412. The Morgan fingerprint density at radius 1 is 1.13 bits per heavy atom. The zero-order chi connectivity index (χ0) is 22.1. The molecule has 0 fully saturated rings. The number of hydrogen-bond donors (Lipinski definition) is 2. The molecule has 0 aliphatic carbocycles. The first-order chi connectivity index (χ1) is 14.3. The zero-order valence-electron chi connectivity index (χ0n) is 17.6. The highest BCUT2D eigenvalue weighted by atomic mass is 32.2. The van der Waals surface area contributed by atoms with Crippen molar-refractivity contribution in [3.05, 3.63) is 54.1 Å². The number of nitrogens with zero attached hydrogens (tertiary/aromatic N) is 1. The number of aliphatic carboxylic acids is 1. The van der Waals surface area contributed by atoms with Crippen LogP contribution in [0.4, 0.5) is 5.69 Å². The Balaban J connectivity index is 2.37. The molecule has 0 bridgehead atoms. The highest BCUT2D eigenvalue weighted by Crippen LogP contribution is 2.42. The molecule has 8 heteroatoms. The lowest BCUT2D eigenvalue weighted by atomic mass is 10.1. The average Bonchev–Trinajstić information content (AvgIpc) is 2.71. The molecule has 2 atom stereocenters. The van der Waals surface area contributed by atoms with Gasteiger partial charge in [-0.1, -0.05) is 24.3 Å². The molecule has 0 aromatic heterocycles. The summed E-state index contributed by atoms with van der Waals surface area (Å²) in [5, 5.41) is 12.5. The van der Waals surface area contributed by atoms with E-state index in [2.05, 4.69) is 10.2 Å². The van der Waals surface area contributed by atoms with Crippen molar-refractivity contribution in [2.75, 3.05) is 39.6 Å². The second-order valence-electron chi connectivity index (χ2n) is 6.91. The second-order valence-corrected chi connectivity index (χ2v) is 8.09. The van der Waals surface area contributed by atoms with E-state index < -0.39 is 23.3 Å². The van der Waals surface area contributed by atoms with E-state index in [4.69, 9.17) is 9.47 Å². The van der Waals surface area contributed by atoms with Crippen LogP contribution >= 0.6 is 11.8 Å². The molecular formula is C22H28N2O5S. The number of carboxylic acid groups (broad SMARTS) is 1. The molecule has 0 amide bonds. The lowest BCUT2D eigenvalue weighted by Gasteiger charge is -2.25. The van der Waals surface area contributed by atoms with Crippen molar-refractivity contribution in [2.45, 2.75) is 23.2 Å². The predicted octanol–water partition coefficient (Wildman–Crippen LogP) is 3.52. The Morgan fingerprint density at radius 2 is 1.80 bits per heavy atom. The Kier molecular flexibility index (Phi) is 9.01. The number of nitrogens with one attached hydrogen (secondary N) is 1. The van der Waals surface area contributed by atoms with Gasteiger partial charge in [-0.15, -0.1) is 11.8 Å². The minimum atomic E-state index is -1.34. The van der Waals surface area contributed by atoms with Gasteiger partial charge in [-0.2, -0.15) is 0 Å². The normalized spacial score (nSPS) is 12.8. The van der Waals surface area contributed by atoms with Crippen molar-refractivity contribution in [1.82, 2.24) is 4.90 Å². The number of esters is 1. The molecule has 0 aliphatic rings. The highest BCUT2D eigenvalue weighted by Gasteiger charge is 2.34. The number of para-hydroxylation sites is 1. The number of hydrogen-bond acceptors (Lipinski definition) is 7. The van der Waals surface area contributed by atoms with E-state index in [0.29, 0.717) is 5.75 Å². The maximum atomic E-state index is 12.0. The second kappa shape index (κ2) is 11.5. The Bertz CT molecular complexity index is 842. The van der Waals surface area contributed by atoms with Crippen LogP contribution < -0.4 is 10.1 Å². The first-order valence-corrected chi connectivity index (χ1v) is 10.4. The summed E-state index contributed by atoms with van der Waals surface area (Å²) in [4.78, 5) is 26.5. The van der Waals surface area contributed by atoms with Crippen molar-refractivity contribution >= 4 is 29.4 Å². The minimum absolute atomic E-state index is 0.640. The lowest BCUT2D eigenvalue weighted by Crippen LogP contribution is -2.31. The monoisotopic (exact) mass is 432 g/mol. The number of carboxylic acids is 1. The third kappa shape index (κ3) is 6.96. The zero-order valence-corrected chi connectivity index (χ0v) is 18.4. The van der Waals surface area contributed by atoms with Crippen molar-refractivity contribution in [2.24, 2.45) is 0 Å². The number of anilines is 1. The van der Waals surface area contributed by atoms with Crippen LogP contribution in [0.1, 0.15) is 17.7 Å². The topological polar surface area (TPSA) is 88.1 Å². The third-order valence-electron chi connectivity index (χ3n) is 4.27. The molecule has 162 valence electrons. The van der Waals surface area contributed by atoms with Crippen LogP contribution in [0.5, 0.6) is 5.75 Å². The molecule has 0 radical (unpaired) electrons. The number of ether oxygens (including phenoxy) is 2. The Labute approximate surface area is 181 Å². The van der Waals surface area contributed by atoms with Crippen LogP contribution in [0.15, 0.2) is 53.4 Å². The lowest BCUT2D eigenvalue weighted by molar-refractivity contribution is -0.162. The smallest absolute Gasteiger partial charge is 0.346 e. The number of thioether (sulfide) groups is 1. The van der Waals surface area contributed by atoms with Crippen molar-refractivity contribution < 1.29 is 24.2 Å². The average molecular weight is 433 g/mol. The number of rotatable bonds is 11. The summed E-state index contributed by atoms with van der Waals surface area (Å²) in [5.41, 5.74) is 1.62. The first-order valence-electron chi connectivity index (χ1n) is 9.50. The molecule has 2 aromatic carbocycles. The van der Waals surface area contributed by atoms with E-state index in [-0.39, 0.29) is 0 Å². The van der Waals surface area contributed by atoms with Gasteiger partial charge in [-0.25, -0.2) is 4.79 Å². The standard InChI is InChI=1S/C22H28N2O5S/c1-15(25)29-20(22(26)27)21(16-9-11-17(28-4)12-10-16)30-19-8-6-5-7-18(19)23-13-14-24(2)3/h5-12,20-21,23H,13-14H2,1-4H3,(H,26,27). The summed E-state index contributed by atoms with van der Waals surface area (Å²) in [7, 11) is 5.56. The molecule has 2 N–H and O–H groups in total. The van der Waals surface area contributed by atoms with Gasteiger partial charge in [0.2, 0.25) is 6.10 Å². The van der Waals surface area contributed by atoms with Gasteiger partial charge in [0.25, 0.3) is 0 Å². The van der Waals surface area contributed by atoms with Crippen LogP contribution in [0.2, 0.25) is 0 Å². The molecule has 0 heterocycles. The van der Waals surface area contributed by atoms with Crippen molar-refractivity contribution in [3.63, 3.8) is 0 Å². The SMILES string of the molecule is COc1ccc(C(Sc2ccccc2NCCN(C)C)C(OC(C)=O)C(=O)O)cc1. The van der Waals surface area contributed by atoms with E-state index in [1.807, 2.05) is 38.4 Å². The van der Waals surface area contributed by atoms with Gasteiger partial charge >= 0.3 is 11.9 Å². The van der Waals surface area contributed by atoms with E-state index in [0.717, 1.165) is 29.2 Å². The van der Waals surface area contributed by atoms with Crippen molar-refractivity contribution in [3.8, 4) is 5.75 Å².